The first-order valence-corrected chi connectivity index (χ1v) is 8.73. The first-order chi connectivity index (χ1) is 12.7. The van der Waals surface area contributed by atoms with Crippen LogP contribution in [0.4, 0.5) is 13.2 Å². The molecule has 2 aromatic carbocycles. The zero-order valence-electron chi connectivity index (χ0n) is 14.7. The molecule has 8 heteroatoms. The summed E-state index contributed by atoms with van der Waals surface area (Å²) in [6.07, 6.45) is 0. The van der Waals surface area contributed by atoms with Gasteiger partial charge >= 0.3 is 0 Å². The van der Waals surface area contributed by atoms with Gasteiger partial charge < -0.3 is 10.1 Å². The van der Waals surface area contributed by atoms with Crippen LogP contribution in [0, 0.1) is 31.3 Å². The fraction of sp³-hybridized carbons (Fsp3) is 0.158. The summed E-state index contributed by atoms with van der Waals surface area (Å²) < 4.78 is 41.2. The molecule has 4 nitrogen and oxygen atoms in total. The molecule has 2 aromatic heterocycles. The number of hydrogen-bond acceptors (Lipinski definition) is 3. The Balaban J connectivity index is 0.000000481. The number of carboxylic acid groups (broad SMARTS) is 1. The number of thiazole rings is 1. The predicted molar refractivity (Wildman–Crippen MR) is 99.6 cm³/mol. The highest BCUT2D eigenvalue weighted by atomic mass is 32.1. The number of aromatic amines is 1. The third-order valence-electron chi connectivity index (χ3n) is 3.87. The van der Waals surface area contributed by atoms with Crippen molar-refractivity contribution in [3.63, 3.8) is 0 Å². The van der Waals surface area contributed by atoms with Gasteiger partial charge in [-0.2, -0.15) is 0 Å². The third-order valence-corrected chi connectivity index (χ3v) is 4.95. The number of H-pyrrole nitrogens is 1. The Labute approximate surface area is 156 Å². The van der Waals surface area contributed by atoms with Gasteiger partial charge in [-0.05, 0) is 26.0 Å². The van der Waals surface area contributed by atoms with Crippen LogP contribution in [0.25, 0.3) is 31.7 Å². The summed E-state index contributed by atoms with van der Waals surface area (Å²) in [7, 11) is 0. The van der Waals surface area contributed by atoms with Gasteiger partial charge in [0, 0.05) is 35.2 Å². The first kappa shape index (κ1) is 18.9. The number of nitrogens with one attached hydrogen (secondary N) is 1. The molecule has 2 N–H and O–H groups in total. The summed E-state index contributed by atoms with van der Waals surface area (Å²) in [5, 5.41) is 8.82. The highest BCUT2D eigenvalue weighted by Gasteiger charge is 2.20. The highest BCUT2D eigenvalue weighted by Crippen LogP contribution is 2.39. The molecule has 27 heavy (non-hydrogen) atoms. The van der Waals surface area contributed by atoms with E-state index in [9.17, 15) is 13.2 Å². The van der Waals surface area contributed by atoms with Crippen LogP contribution in [-0.2, 0) is 4.79 Å². The van der Waals surface area contributed by atoms with Gasteiger partial charge in [-0.3, -0.25) is 4.79 Å². The Morgan fingerprint density at radius 2 is 1.81 bits per heavy atom. The minimum Gasteiger partial charge on any atom is -0.481 e. The summed E-state index contributed by atoms with van der Waals surface area (Å²) in [4.78, 5) is 16.4. The molecule has 0 atom stereocenters. The Morgan fingerprint density at radius 3 is 2.48 bits per heavy atom. The fourth-order valence-electron chi connectivity index (χ4n) is 2.81. The summed E-state index contributed by atoms with van der Waals surface area (Å²) in [6.45, 7) is 4.93. The summed E-state index contributed by atoms with van der Waals surface area (Å²) >= 11 is 1.03. The van der Waals surface area contributed by atoms with E-state index >= 15 is 0 Å². The summed E-state index contributed by atoms with van der Waals surface area (Å²) in [5.74, 6) is -3.97. The topological polar surface area (TPSA) is 66.0 Å². The van der Waals surface area contributed by atoms with Crippen molar-refractivity contribution in [3.8, 4) is 10.6 Å². The number of carbonyl (C=O) groups is 1. The number of fused-ring (bicyclic) bond motifs is 2. The maximum atomic E-state index is 13.9. The minimum atomic E-state index is -1.22. The molecule has 2 heterocycles. The van der Waals surface area contributed by atoms with Gasteiger partial charge in [0.05, 0.1) is 4.70 Å². The van der Waals surface area contributed by atoms with E-state index in [-0.39, 0.29) is 10.2 Å². The van der Waals surface area contributed by atoms with E-state index in [0.29, 0.717) is 11.1 Å². The number of halogens is 3. The fourth-order valence-corrected chi connectivity index (χ4v) is 3.89. The predicted octanol–water partition coefficient (Wildman–Crippen LogP) is 5.57. The molecule has 0 bridgehead atoms. The lowest BCUT2D eigenvalue weighted by atomic mass is 10.1. The average molecular weight is 392 g/mol. The standard InChI is InChI=1S/C17H11F3N2S.C2H4O2/c1-7-3-4-12-9(5-7)13(8(2)21-12)17-22-15-14(20)10(18)6-11(19)16(15)23-17;1-2(3)4/h3-6,21H,1-2H3;1H3,(H,3,4). The van der Waals surface area contributed by atoms with E-state index in [1.807, 2.05) is 32.0 Å². The van der Waals surface area contributed by atoms with Crippen LogP contribution in [0.15, 0.2) is 24.3 Å². The van der Waals surface area contributed by atoms with Crippen molar-refractivity contribution in [2.45, 2.75) is 20.8 Å². The van der Waals surface area contributed by atoms with Gasteiger partial charge in [-0.25, -0.2) is 18.2 Å². The Kier molecular flexibility index (Phi) is 4.93. The number of rotatable bonds is 1. The molecule has 0 saturated heterocycles. The van der Waals surface area contributed by atoms with Crippen molar-refractivity contribution in [2.24, 2.45) is 0 Å². The summed E-state index contributed by atoms with van der Waals surface area (Å²) in [5.41, 5.74) is 3.38. The number of nitrogens with zero attached hydrogens (tertiary/aromatic N) is 1. The molecule has 4 aromatic rings. The third kappa shape index (κ3) is 3.52. The van der Waals surface area contributed by atoms with E-state index in [0.717, 1.165) is 46.0 Å². The molecule has 0 aliphatic carbocycles. The molecule has 0 unspecified atom stereocenters. The van der Waals surface area contributed by atoms with Gasteiger partial charge in [-0.15, -0.1) is 11.3 Å². The van der Waals surface area contributed by atoms with Crippen LogP contribution in [0.5, 0.6) is 0 Å². The van der Waals surface area contributed by atoms with E-state index in [1.165, 1.54) is 0 Å². The van der Waals surface area contributed by atoms with Crippen LogP contribution in [-0.4, -0.2) is 21.0 Å². The minimum absolute atomic E-state index is 0.0281. The van der Waals surface area contributed by atoms with Gasteiger partial charge in [0.15, 0.2) is 11.6 Å². The highest BCUT2D eigenvalue weighted by molar-refractivity contribution is 7.21. The zero-order chi connectivity index (χ0) is 19.9. The van der Waals surface area contributed by atoms with Crippen LogP contribution in [0.2, 0.25) is 0 Å². The number of aryl methyl sites for hydroxylation is 2. The monoisotopic (exact) mass is 392 g/mol. The molecule has 0 spiro atoms. The van der Waals surface area contributed by atoms with Crippen molar-refractivity contribution < 1.29 is 23.1 Å². The van der Waals surface area contributed by atoms with Crippen LogP contribution in [0.3, 0.4) is 0 Å². The zero-order valence-corrected chi connectivity index (χ0v) is 15.5. The molecular formula is C19H15F3N2O2S. The van der Waals surface area contributed by atoms with Crippen LogP contribution in [0.1, 0.15) is 18.2 Å². The molecule has 4 rings (SSSR count). The van der Waals surface area contributed by atoms with Gasteiger partial charge in [0.1, 0.15) is 16.3 Å². The molecule has 140 valence electrons. The second kappa shape index (κ2) is 7.03. The maximum Gasteiger partial charge on any atom is 0.300 e. The van der Waals surface area contributed by atoms with Crippen LogP contribution >= 0.6 is 11.3 Å². The first-order valence-electron chi connectivity index (χ1n) is 7.92. The van der Waals surface area contributed by atoms with E-state index in [4.69, 9.17) is 9.90 Å². The van der Waals surface area contributed by atoms with Gasteiger partial charge in [-0.1, -0.05) is 11.6 Å². The molecule has 0 fully saturated rings. The Bertz CT molecular complexity index is 1180. The van der Waals surface area contributed by atoms with Crippen LogP contribution < -0.4 is 0 Å². The number of carboxylic acids is 1. The summed E-state index contributed by atoms with van der Waals surface area (Å²) in [6, 6.07) is 6.49. The number of aliphatic carboxylic acids is 1. The SMILES string of the molecule is CC(=O)O.Cc1ccc2[nH]c(C)c(-c3nc4c(F)c(F)cc(F)c4s3)c2c1. The Morgan fingerprint density at radius 1 is 1.15 bits per heavy atom. The Hall–Kier alpha value is -2.87. The van der Waals surface area contributed by atoms with Gasteiger partial charge in [0.2, 0.25) is 0 Å². The smallest absolute Gasteiger partial charge is 0.300 e. The van der Waals surface area contributed by atoms with Crippen molar-refractivity contribution in [3.05, 3.63) is 53.0 Å². The maximum absolute atomic E-state index is 13.9. The number of benzene rings is 2. The number of hydrogen-bond donors (Lipinski definition) is 2. The van der Waals surface area contributed by atoms with Crippen molar-refractivity contribution in [1.29, 1.82) is 0 Å². The molecular weight excluding hydrogens is 377 g/mol. The largest absolute Gasteiger partial charge is 0.481 e. The van der Waals surface area contributed by atoms with Crippen molar-refractivity contribution in [2.75, 3.05) is 0 Å². The molecule has 0 saturated carbocycles. The number of aromatic nitrogens is 2. The average Bonchev–Trinajstić information content (AvgIpc) is 3.13. The lowest BCUT2D eigenvalue weighted by Gasteiger charge is -1.97. The molecule has 0 radical (unpaired) electrons. The van der Waals surface area contributed by atoms with E-state index in [2.05, 4.69) is 9.97 Å². The van der Waals surface area contributed by atoms with E-state index in [1.54, 1.807) is 0 Å². The van der Waals surface area contributed by atoms with Gasteiger partial charge in [0.25, 0.3) is 5.97 Å². The lowest BCUT2D eigenvalue weighted by molar-refractivity contribution is -0.134. The van der Waals surface area contributed by atoms with E-state index < -0.39 is 23.4 Å². The van der Waals surface area contributed by atoms with Crippen molar-refractivity contribution in [1.82, 2.24) is 9.97 Å². The van der Waals surface area contributed by atoms with Crippen molar-refractivity contribution >= 4 is 38.4 Å². The molecule has 0 amide bonds. The molecule has 0 aliphatic rings. The molecule has 0 aliphatic heterocycles. The normalized spacial score (nSPS) is 10.9. The lowest BCUT2D eigenvalue weighted by Crippen LogP contribution is -1.88. The quantitative estimate of drug-likeness (QED) is 0.416. The second-order valence-electron chi connectivity index (χ2n) is 6.04. The second-order valence-corrected chi connectivity index (χ2v) is 7.04.